The second kappa shape index (κ2) is 9.73. The molecule has 0 radical (unpaired) electrons. The summed E-state index contributed by atoms with van der Waals surface area (Å²) in [5, 5.41) is 0. The zero-order valence-electron chi connectivity index (χ0n) is 14.6. The predicted molar refractivity (Wildman–Crippen MR) is 95.5 cm³/mol. The number of halogens is 7. The lowest BCUT2D eigenvalue weighted by Gasteiger charge is -2.28. The smallest absolute Gasteiger partial charge is 0.342 e. The molecule has 0 spiro atoms. The van der Waals surface area contributed by atoms with E-state index < -0.39 is 43.6 Å². The van der Waals surface area contributed by atoms with Gasteiger partial charge in [-0.15, -0.1) is 0 Å². The van der Waals surface area contributed by atoms with Gasteiger partial charge in [0.25, 0.3) is 0 Å². The highest BCUT2D eigenvalue weighted by molar-refractivity contribution is 9.10. The summed E-state index contributed by atoms with van der Waals surface area (Å²) >= 11 is 3.18. The first-order chi connectivity index (χ1) is 13.5. The van der Waals surface area contributed by atoms with E-state index >= 15 is 0 Å². The van der Waals surface area contributed by atoms with Crippen molar-refractivity contribution in [2.24, 2.45) is 0 Å². The Labute approximate surface area is 170 Å². The van der Waals surface area contributed by atoms with E-state index in [0.29, 0.717) is 4.47 Å². The molecule has 2 aromatic carbocycles. The van der Waals surface area contributed by atoms with Gasteiger partial charge in [0.2, 0.25) is 0 Å². The van der Waals surface area contributed by atoms with Crippen molar-refractivity contribution in [2.75, 3.05) is 13.2 Å². The lowest BCUT2D eigenvalue weighted by atomic mass is 9.90. The number of hydrogen-bond donors (Lipinski definition) is 0. The first-order valence-corrected chi connectivity index (χ1v) is 8.97. The van der Waals surface area contributed by atoms with Gasteiger partial charge in [-0.1, -0.05) is 58.4 Å². The molecule has 0 fully saturated rings. The van der Waals surface area contributed by atoms with Gasteiger partial charge in [-0.05, 0) is 17.7 Å². The molecule has 0 aliphatic carbocycles. The Morgan fingerprint density at radius 2 is 1.31 bits per heavy atom. The first kappa shape index (κ1) is 23.4. The van der Waals surface area contributed by atoms with Gasteiger partial charge in [-0.25, -0.2) is 0 Å². The van der Waals surface area contributed by atoms with E-state index in [1.165, 1.54) is 48.5 Å². The highest BCUT2D eigenvalue weighted by Gasteiger charge is 2.39. The highest BCUT2D eigenvalue weighted by Crippen LogP contribution is 2.31. The first-order valence-electron chi connectivity index (χ1n) is 8.18. The number of ether oxygens (including phenoxy) is 2. The zero-order valence-corrected chi connectivity index (χ0v) is 16.2. The van der Waals surface area contributed by atoms with Crippen LogP contribution in [0.15, 0.2) is 59.1 Å². The van der Waals surface area contributed by atoms with Gasteiger partial charge in [0.1, 0.15) is 13.2 Å². The van der Waals surface area contributed by atoms with Crippen LogP contribution in [-0.2, 0) is 9.47 Å². The number of benzene rings is 2. The lowest BCUT2D eigenvalue weighted by Crippen LogP contribution is -2.36. The standard InChI is InChI=1S/C19H15BrF6O3/c20-14-8-6-12(7-9-14)15(16(27)13-4-2-1-3-5-13)17(28-10-18(21,22)23)29-11-19(24,25)26/h1-9,15,17H,10-11H2. The van der Waals surface area contributed by atoms with Crippen molar-refractivity contribution >= 4 is 21.7 Å². The van der Waals surface area contributed by atoms with Crippen LogP contribution in [0.25, 0.3) is 0 Å². The van der Waals surface area contributed by atoms with E-state index in [4.69, 9.17) is 0 Å². The molecule has 158 valence electrons. The Morgan fingerprint density at radius 1 is 0.828 bits per heavy atom. The summed E-state index contributed by atoms with van der Waals surface area (Å²) in [4.78, 5) is 13.0. The maximum atomic E-state index is 13.0. The summed E-state index contributed by atoms with van der Waals surface area (Å²) < 4.78 is 85.7. The molecule has 2 rings (SSSR count). The monoisotopic (exact) mass is 484 g/mol. The molecule has 0 saturated heterocycles. The summed E-state index contributed by atoms with van der Waals surface area (Å²) in [5.41, 5.74) is 0.244. The molecule has 29 heavy (non-hydrogen) atoms. The summed E-state index contributed by atoms with van der Waals surface area (Å²) in [7, 11) is 0. The Balaban J connectivity index is 2.43. The van der Waals surface area contributed by atoms with Gasteiger partial charge in [-0.2, -0.15) is 26.3 Å². The molecular weight excluding hydrogens is 470 g/mol. The summed E-state index contributed by atoms with van der Waals surface area (Å²) in [5.74, 6) is -2.28. The van der Waals surface area contributed by atoms with E-state index in [1.54, 1.807) is 6.07 Å². The number of Topliss-reactive ketones (excluding diaryl/α,β-unsaturated/α-hetero) is 1. The zero-order chi connectivity index (χ0) is 21.7. The second-order valence-electron chi connectivity index (χ2n) is 5.98. The van der Waals surface area contributed by atoms with Crippen LogP contribution < -0.4 is 0 Å². The van der Waals surface area contributed by atoms with E-state index in [0.717, 1.165) is 0 Å². The van der Waals surface area contributed by atoms with Crippen LogP contribution in [-0.4, -0.2) is 37.6 Å². The number of hydrogen-bond acceptors (Lipinski definition) is 3. The number of carbonyl (C=O) groups excluding carboxylic acids is 1. The van der Waals surface area contributed by atoms with Crippen LogP contribution >= 0.6 is 15.9 Å². The average molecular weight is 485 g/mol. The highest BCUT2D eigenvalue weighted by atomic mass is 79.9. The van der Waals surface area contributed by atoms with Gasteiger partial charge in [0, 0.05) is 10.0 Å². The van der Waals surface area contributed by atoms with Gasteiger partial charge in [-0.3, -0.25) is 4.79 Å². The molecule has 10 heteroatoms. The van der Waals surface area contributed by atoms with Gasteiger partial charge >= 0.3 is 12.4 Å². The summed E-state index contributed by atoms with van der Waals surface area (Å²) in [6.45, 7) is -3.74. The minimum absolute atomic E-state index is 0.0941. The van der Waals surface area contributed by atoms with Crippen LogP contribution in [0.2, 0.25) is 0 Å². The minimum Gasteiger partial charge on any atom is -0.342 e. The van der Waals surface area contributed by atoms with Gasteiger partial charge < -0.3 is 9.47 Å². The quantitative estimate of drug-likeness (QED) is 0.266. The predicted octanol–water partition coefficient (Wildman–Crippen LogP) is 5.90. The molecular formula is C19H15BrF6O3. The van der Waals surface area contributed by atoms with Crippen molar-refractivity contribution in [3.63, 3.8) is 0 Å². The molecule has 0 aliphatic heterocycles. The van der Waals surface area contributed by atoms with Crippen LogP contribution in [0.4, 0.5) is 26.3 Å². The molecule has 0 aromatic heterocycles. The van der Waals surface area contributed by atoms with Crippen molar-refractivity contribution in [3.8, 4) is 0 Å². The second-order valence-corrected chi connectivity index (χ2v) is 6.90. The summed E-state index contributed by atoms with van der Waals surface area (Å²) in [6, 6.07) is 13.3. The number of rotatable bonds is 8. The molecule has 3 nitrogen and oxygen atoms in total. The number of alkyl halides is 6. The summed E-state index contributed by atoms with van der Waals surface area (Å²) in [6.07, 6.45) is -11.7. The Kier molecular flexibility index (Phi) is 7.84. The van der Waals surface area contributed by atoms with Crippen molar-refractivity contribution in [1.82, 2.24) is 0 Å². The Bertz CT molecular complexity index is 772. The van der Waals surface area contributed by atoms with Crippen molar-refractivity contribution < 1.29 is 40.6 Å². The third kappa shape index (κ3) is 7.79. The lowest BCUT2D eigenvalue weighted by molar-refractivity contribution is -0.261. The van der Waals surface area contributed by atoms with Crippen LogP contribution in [0, 0.1) is 0 Å². The fraction of sp³-hybridized carbons (Fsp3) is 0.316. The van der Waals surface area contributed by atoms with E-state index in [9.17, 15) is 31.1 Å². The van der Waals surface area contributed by atoms with Gasteiger partial charge in [0.05, 0.1) is 5.92 Å². The van der Waals surface area contributed by atoms with E-state index in [-0.39, 0.29) is 11.1 Å². The normalized spacial score (nSPS) is 13.5. The maximum Gasteiger partial charge on any atom is 0.411 e. The Morgan fingerprint density at radius 3 is 1.76 bits per heavy atom. The van der Waals surface area contributed by atoms with Crippen LogP contribution in [0.5, 0.6) is 0 Å². The molecule has 0 heterocycles. The largest absolute Gasteiger partial charge is 0.411 e. The third-order valence-electron chi connectivity index (χ3n) is 3.66. The fourth-order valence-electron chi connectivity index (χ4n) is 2.48. The van der Waals surface area contributed by atoms with E-state index in [1.807, 2.05) is 0 Å². The van der Waals surface area contributed by atoms with Crippen LogP contribution in [0.3, 0.4) is 0 Å². The SMILES string of the molecule is O=C(c1ccccc1)C(c1ccc(Br)cc1)C(OCC(F)(F)F)OCC(F)(F)F. The Hall–Kier alpha value is -1.91. The molecule has 0 N–H and O–H groups in total. The van der Waals surface area contributed by atoms with Gasteiger partial charge in [0.15, 0.2) is 12.1 Å². The molecule has 0 amide bonds. The third-order valence-corrected chi connectivity index (χ3v) is 4.19. The number of ketones is 1. The number of carbonyl (C=O) groups is 1. The molecule has 0 saturated carbocycles. The van der Waals surface area contributed by atoms with Crippen molar-refractivity contribution in [2.45, 2.75) is 24.6 Å². The fourth-order valence-corrected chi connectivity index (χ4v) is 2.74. The molecule has 2 aromatic rings. The maximum absolute atomic E-state index is 13.0. The molecule has 0 bridgehead atoms. The topological polar surface area (TPSA) is 35.5 Å². The minimum atomic E-state index is -4.82. The molecule has 1 unspecified atom stereocenters. The average Bonchev–Trinajstić information content (AvgIpc) is 2.64. The van der Waals surface area contributed by atoms with Crippen LogP contribution in [0.1, 0.15) is 21.8 Å². The van der Waals surface area contributed by atoms with Crippen molar-refractivity contribution in [1.29, 1.82) is 0 Å². The van der Waals surface area contributed by atoms with Crippen molar-refractivity contribution in [3.05, 3.63) is 70.2 Å². The molecule has 0 aliphatic rings. The van der Waals surface area contributed by atoms with E-state index in [2.05, 4.69) is 25.4 Å². The molecule has 1 atom stereocenters.